The maximum absolute atomic E-state index is 8.24. The maximum Gasteiger partial charge on any atom is 0.236 e. The number of hydrogen-bond acceptors (Lipinski definition) is 5. The van der Waals surface area contributed by atoms with Crippen molar-refractivity contribution in [3.8, 4) is 23.0 Å². The van der Waals surface area contributed by atoms with Crippen LogP contribution in [0.1, 0.15) is 184 Å². The lowest BCUT2D eigenvalue weighted by Gasteiger charge is -2.32. The van der Waals surface area contributed by atoms with E-state index in [1.807, 2.05) is 0 Å². The van der Waals surface area contributed by atoms with Gasteiger partial charge in [-0.3, -0.25) is 0 Å². The SMILES string of the molecule is CCCCOc1cc(C(C)(C)C)ccc1[SiH](O[SiH](c1ccc(C(C)(C)C)cc1OCCCC)c1ccc(C(C)(C)C)cc1OCCCC)c1ccc(C(C)(C)C)cc1OCCCC. The molecule has 5 nitrogen and oxygen atoms in total. The molecule has 0 fully saturated rings. The van der Waals surface area contributed by atoms with Crippen LogP contribution in [0.3, 0.4) is 0 Å². The third-order valence-corrected chi connectivity index (χ3v) is 18.3. The summed E-state index contributed by atoms with van der Waals surface area (Å²) < 4.78 is 35.8. The molecule has 0 spiro atoms. The molecule has 0 amide bonds. The zero-order valence-electron chi connectivity index (χ0n) is 42.6. The minimum absolute atomic E-state index is 0.0571. The first-order valence-electron chi connectivity index (χ1n) is 24.4. The maximum atomic E-state index is 8.24. The molecule has 0 aliphatic heterocycles. The molecule has 0 aliphatic carbocycles. The van der Waals surface area contributed by atoms with Crippen LogP contribution in [0.5, 0.6) is 23.0 Å². The Morgan fingerprint density at radius 1 is 0.333 bits per heavy atom. The van der Waals surface area contributed by atoms with Gasteiger partial charge < -0.3 is 23.1 Å². The average Bonchev–Trinajstić information content (AvgIpc) is 3.21. The molecule has 0 unspecified atom stereocenters. The predicted octanol–water partition coefficient (Wildman–Crippen LogP) is 12.0. The Labute approximate surface area is 388 Å². The van der Waals surface area contributed by atoms with Gasteiger partial charge in [0, 0.05) is 20.7 Å². The van der Waals surface area contributed by atoms with Crippen molar-refractivity contribution >= 4 is 38.8 Å². The number of ether oxygens (including phenoxy) is 4. The van der Waals surface area contributed by atoms with Crippen LogP contribution in [0.2, 0.25) is 0 Å². The van der Waals surface area contributed by atoms with Crippen LogP contribution >= 0.6 is 0 Å². The summed E-state index contributed by atoms with van der Waals surface area (Å²) in [4.78, 5) is 0. The highest BCUT2D eigenvalue weighted by atomic mass is 28.4. The van der Waals surface area contributed by atoms with Crippen molar-refractivity contribution in [3.63, 3.8) is 0 Å². The largest absolute Gasteiger partial charge is 0.494 e. The molecule has 0 saturated heterocycles. The molecule has 0 saturated carbocycles. The van der Waals surface area contributed by atoms with Gasteiger partial charge in [0.15, 0.2) is 0 Å². The van der Waals surface area contributed by atoms with Crippen molar-refractivity contribution in [3.05, 3.63) is 95.1 Å². The average molecular weight is 895 g/mol. The van der Waals surface area contributed by atoms with E-state index in [4.69, 9.17) is 23.1 Å². The van der Waals surface area contributed by atoms with Gasteiger partial charge >= 0.3 is 0 Å². The first-order chi connectivity index (χ1) is 29.6. The second-order valence-electron chi connectivity index (χ2n) is 21.7. The van der Waals surface area contributed by atoms with Gasteiger partial charge in [-0.25, -0.2) is 0 Å². The van der Waals surface area contributed by atoms with Gasteiger partial charge in [0.25, 0.3) is 0 Å². The second-order valence-corrected chi connectivity index (χ2v) is 26.8. The van der Waals surface area contributed by atoms with Crippen LogP contribution in [0, 0.1) is 0 Å². The minimum atomic E-state index is -2.68. The summed E-state index contributed by atoms with van der Waals surface area (Å²) in [6, 6.07) is 27.7. The van der Waals surface area contributed by atoms with Crippen molar-refractivity contribution in [2.24, 2.45) is 0 Å². The fourth-order valence-electron chi connectivity index (χ4n) is 7.44. The molecule has 4 aromatic carbocycles. The van der Waals surface area contributed by atoms with E-state index in [2.05, 4.69) is 184 Å². The second kappa shape index (κ2) is 23.1. The fourth-order valence-corrected chi connectivity index (χ4v) is 14.3. The van der Waals surface area contributed by atoms with E-state index in [0.717, 1.165) is 95.1 Å². The molecule has 0 aromatic heterocycles. The van der Waals surface area contributed by atoms with Gasteiger partial charge in [-0.1, -0.05) is 185 Å². The van der Waals surface area contributed by atoms with Crippen molar-refractivity contribution in [1.29, 1.82) is 0 Å². The van der Waals surface area contributed by atoms with Gasteiger partial charge in [0.2, 0.25) is 18.1 Å². The van der Waals surface area contributed by atoms with E-state index >= 15 is 0 Å². The van der Waals surface area contributed by atoms with E-state index in [1.54, 1.807) is 0 Å². The first-order valence-corrected chi connectivity index (χ1v) is 27.6. The van der Waals surface area contributed by atoms with Crippen molar-refractivity contribution in [1.82, 2.24) is 0 Å². The molecule has 0 heterocycles. The highest BCUT2D eigenvalue weighted by Gasteiger charge is 2.36. The van der Waals surface area contributed by atoms with Gasteiger partial charge in [-0.2, -0.15) is 0 Å². The number of hydrogen-bond donors (Lipinski definition) is 0. The first kappa shape index (κ1) is 52.1. The van der Waals surface area contributed by atoms with E-state index in [-0.39, 0.29) is 21.7 Å². The van der Waals surface area contributed by atoms with Crippen LogP contribution in [-0.4, -0.2) is 44.5 Å². The number of rotatable bonds is 22. The quantitative estimate of drug-likeness (QED) is 0.0581. The summed E-state index contributed by atoms with van der Waals surface area (Å²) in [5, 5.41) is 4.56. The van der Waals surface area contributed by atoms with E-state index in [1.165, 1.54) is 22.3 Å². The van der Waals surface area contributed by atoms with Crippen LogP contribution in [0.4, 0.5) is 0 Å². The number of benzene rings is 4. The van der Waals surface area contributed by atoms with Gasteiger partial charge in [-0.05, 0) is 93.9 Å². The third kappa shape index (κ3) is 14.7. The van der Waals surface area contributed by atoms with Gasteiger partial charge in [0.05, 0.1) is 26.4 Å². The van der Waals surface area contributed by atoms with E-state index < -0.39 is 18.1 Å². The Balaban J connectivity index is 2.18. The van der Waals surface area contributed by atoms with Crippen LogP contribution in [0.15, 0.2) is 72.8 Å². The molecular formula is C56H86O5Si2. The molecule has 4 rings (SSSR count). The molecule has 63 heavy (non-hydrogen) atoms. The third-order valence-electron chi connectivity index (χ3n) is 11.9. The molecule has 0 radical (unpaired) electrons. The van der Waals surface area contributed by atoms with Gasteiger partial charge in [0.1, 0.15) is 23.0 Å². The monoisotopic (exact) mass is 895 g/mol. The topological polar surface area (TPSA) is 46.2 Å². The Kier molecular flexibility index (Phi) is 19.1. The number of unbranched alkanes of at least 4 members (excludes halogenated alkanes) is 4. The van der Waals surface area contributed by atoms with E-state index in [0.29, 0.717) is 26.4 Å². The van der Waals surface area contributed by atoms with Crippen LogP contribution < -0.4 is 39.7 Å². The summed E-state index contributed by atoms with van der Waals surface area (Å²) in [7, 11) is -5.36. The van der Waals surface area contributed by atoms with Crippen molar-refractivity contribution in [2.45, 2.75) is 184 Å². The van der Waals surface area contributed by atoms with Crippen LogP contribution in [0.25, 0.3) is 0 Å². The summed E-state index contributed by atoms with van der Waals surface area (Å²) in [6.45, 7) is 38.8. The summed E-state index contributed by atoms with van der Waals surface area (Å²) in [6.07, 6.45) is 8.14. The molecule has 348 valence electrons. The van der Waals surface area contributed by atoms with E-state index in [9.17, 15) is 0 Å². The lowest BCUT2D eigenvalue weighted by atomic mass is 9.87. The lowest BCUT2D eigenvalue weighted by Crippen LogP contribution is -2.57. The standard InChI is InChI=1S/C56H86O5Si2/c1-17-21-33-57-45-37-41(53(5,6)7)25-29-49(45)62(50-30-26-42(54(8,9)10)38-46(50)58-34-22-18-2)61-63(51-31-27-43(55(11,12)13)39-47(51)59-35-23-19-3)52-32-28-44(56(14,15)16)40-48(52)60-36-24-20-4/h25-32,37-40,62-63H,17-24,33-36H2,1-16H3. The molecule has 4 aromatic rings. The summed E-state index contributed by atoms with van der Waals surface area (Å²) >= 11 is 0. The highest BCUT2D eigenvalue weighted by Crippen LogP contribution is 2.31. The molecule has 0 N–H and O–H groups in total. The lowest BCUT2D eigenvalue weighted by molar-refractivity contribution is 0.309. The zero-order chi connectivity index (χ0) is 46.6. The zero-order valence-corrected chi connectivity index (χ0v) is 44.9. The Morgan fingerprint density at radius 3 is 0.714 bits per heavy atom. The van der Waals surface area contributed by atoms with Gasteiger partial charge in [-0.15, -0.1) is 0 Å². The molecule has 0 bridgehead atoms. The summed E-state index contributed by atoms with van der Waals surface area (Å²) in [5.41, 5.74) is 4.76. The molecule has 0 aliphatic rings. The fraction of sp³-hybridized carbons (Fsp3) is 0.571. The smallest absolute Gasteiger partial charge is 0.236 e. The van der Waals surface area contributed by atoms with Crippen molar-refractivity contribution in [2.75, 3.05) is 26.4 Å². The summed E-state index contributed by atoms with van der Waals surface area (Å²) in [5.74, 6) is 3.68. The predicted molar refractivity (Wildman–Crippen MR) is 276 cm³/mol. The minimum Gasteiger partial charge on any atom is -0.494 e. The highest BCUT2D eigenvalue weighted by molar-refractivity contribution is 6.93. The normalized spacial score (nSPS) is 12.6. The Morgan fingerprint density at radius 2 is 0.540 bits per heavy atom. The van der Waals surface area contributed by atoms with Crippen LogP contribution in [-0.2, 0) is 25.8 Å². The molecule has 0 atom stereocenters. The molecule has 7 heteroatoms. The molecular weight excluding hydrogens is 809 g/mol. The van der Waals surface area contributed by atoms with Crippen molar-refractivity contribution < 1.29 is 23.1 Å². The Hall–Kier alpha value is -3.53. The Bertz CT molecular complexity index is 1740.